The summed E-state index contributed by atoms with van der Waals surface area (Å²) in [6.07, 6.45) is 8.50. The van der Waals surface area contributed by atoms with Gasteiger partial charge in [0.25, 0.3) is 0 Å². The van der Waals surface area contributed by atoms with Gasteiger partial charge in [-0.25, -0.2) is 4.79 Å². The van der Waals surface area contributed by atoms with Crippen LogP contribution in [0.3, 0.4) is 0 Å². The van der Waals surface area contributed by atoms with Crippen LogP contribution in [0.2, 0.25) is 0 Å². The van der Waals surface area contributed by atoms with Crippen molar-refractivity contribution in [3.63, 3.8) is 0 Å². The Balaban J connectivity index is 1.28. The molecule has 5 unspecified atom stereocenters. The average Bonchev–Trinajstić information content (AvgIpc) is 3.14. The molecule has 0 radical (unpaired) electrons. The van der Waals surface area contributed by atoms with Crippen LogP contribution in [0.1, 0.15) is 51.4 Å². The highest BCUT2D eigenvalue weighted by Crippen LogP contribution is 2.27. The maximum absolute atomic E-state index is 12.4. The minimum atomic E-state index is -0.744. The summed E-state index contributed by atoms with van der Waals surface area (Å²) in [7, 11) is 0. The number of hydrogen-bond acceptors (Lipinski definition) is 6. The van der Waals surface area contributed by atoms with Crippen LogP contribution in [0.15, 0.2) is 0 Å². The number of piperazine rings is 1. The molecular weight excluding hydrogens is 398 g/mol. The van der Waals surface area contributed by atoms with E-state index in [9.17, 15) is 15.0 Å². The molecule has 4 rings (SSSR count). The molecule has 0 spiro atoms. The van der Waals surface area contributed by atoms with Crippen molar-refractivity contribution in [3.05, 3.63) is 0 Å². The molecule has 1 saturated carbocycles. The number of ether oxygens (including phenoxy) is 1. The van der Waals surface area contributed by atoms with Gasteiger partial charge in [0.15, 0.2) is 0 Å². The number of rotatable bonds is 6. The van der Waals surface area contributed by atoms with Crippen LogP contribution in [0.5, 0.6) is 0 Å². The number of hydrogen-bond donors (Lipinski definition) is 5. The molecular formula is C22H42N5O4+. The number of piperidine rings is 1. The normalized spacial score (nSPS) is 36.4. The van der Waals surface area contributed by atoms with Gasteiger partial charge in [0, 0.05) is 45.2 Å². The van der Waals surface area contributed by atoms with E-state index >= 15 is 0 Å². The smallest absolute Gasteiger partial charge is 0.315 e. The Hall–Kier alpha value is -0.970. The Labute approximate surface area is 185 Å². The van der Waals surface area contributed by atoms with Crippen molar-refractivity contribution in [2.75, 3.05) is 45.9 Å². The van der Waals surface area contributed by atoms with E-state index in [1.165, 1.54) is 45.1 Å². The third-order valence-corrected chi connectivity index (χ3v) is 7.68. The molecule has 4 aliphatic rings. The third-order valence-electron chi connectivity index (χ3n) is 7.68. The minimum Gasteiger partial charge on any atom is -0.394 e. The lowest BCUT2D eigenvalue weighted by Gasteiger charge is -2.42. The van der Waals surface area contributed by atoms with Crippen LogP contribution in [0.25, 0.3) is 0 Å². The maximum atomic E-state index is 12.4. The quantitative estimate of drug-likeness (QED) is 0.355. The Morgan fingerprint density at radius 3 is 2.35 bits per heavy atom. The topological polar surface area (TPSA) is 114 Å². The zero-order valence-corrected chi connectivity index (χ0v) is 18.8. The molecule has 0 aromatic carbocycles. The summed E-state index contributed by atoms with van der Waals surface area (Å²) < 4.78 is 5.97. The summed E-state index contributed by atoms with van der Waals surface area (Å²) in [4.78, 5) is 17.2. The molecule has 2 amide bonds. The van der Waals surface area contributed by atoms with Gasteiger partial charge in [0.1, 0.15) is 18.4 Å². The molecule has 0 aromatic heterocycles. The molecule has 6 N–H and O–H groups in total. The number of nitrogens with one attached hydrogen (secondary N) is 2. The number of quaternary nitrogens is 1. The first kappa shape index (κ1) is 23.2. The summed E-state index contributed by atoms with van der Waals surface area (Å²) in [6, 6.07) is -0.104. The van der Waals surface area contributed by atoms with E-state index in [4.69, 9.17) is 4.74 Å². The highest BCUT2D eigenvalue weighted by molar-refractivity contribution is 5.74. The Bertz CT molecular complexity index is 562. The Morgan fingerprint density at radius 1 is 0.968 bits per heavy atom. The zero-order valence-electron chi connectivity index (χ0n) is 18.8. The van der Waals surface area contributed by atoms with Gasteiger partial charge in [-0.05, 0) is 25.7 Å². The largest absolute Gasteiger partial charge is 0.394 e. The van der Waals surface area contributed by atoms with Gasteiger partial charge < -0.3 is 30.9 Å². The molecule has 0 aromatic rings. The molecule has 3 saturated heterocycles. The molecule has 0 bridgehead atoms. The minimum absolute atomic E-state index is 0.158. The maximum Gasteiger partial charge on any atom is 0.315 e. The van der Waals surface area contributed by atoms with Gasteiger partial charge in [-0.2, -0.15) is 0 Å². The standard InChI is InChI=1S/C22H41N5O4/c28-15-18-21(29)20(27-12-10-26(11-13-27)19-8-4-5-9-23-19)17(31-18)14-24-22(30)25-16-6-2-1-3-7-16/h16-21,23,28-29H,1-15H2,(H2,24,25,30)/p+1. The molecule has 1 aliphatic carbocycles. The van der Waals surface area contributed by atoms with Crippen molar-refractivity contribution >= 4 is 6.03 Å². The number of nitrogens with zero attached hydrogens (tertiary/aromatic N) is 2. The fraction of sp³-hybridized carbons (Fsp3) is 0.955. The van der Waals surface area contributed by atoms with Crippen molar-refractivity contribution in [1.29, 1.82) is 0 Å². The van der Waals surface area contributed by atoms with E-state index in [2.05, 4.69) is 25.8 Å². The van der Waals surface area contributed by atoms with E-state index in [-0.39, 0.29) is 30.8 Å². The van der Waals surface area contributed by atoms with E-state index in [1.807, 2.05) is 0 Å². The number of carbonyl (C=O) groups is 1. The predicted octanol–water partition coefficient (Wildman–Crippen LogP) is -1.20. The van der Waals surface area contributed by atoms with Crippen molar-refractivity contribution in [1.82, 2.24) is 20.4 Å². The first-order valence-corrected chi connectivity index (χ1v) is 12.5. The molecule has 3 heterocycles. The highest BCUT2D eigenvalue weighted by atomic mass is 16.5. The molecule has 9 nitrogen and oxygen atoms in total. The molecule has 4 fully saturated rings. The predicted molar refractivity (Wildman–Crippen MR) is 117 cm³/mol. The van der Waals surface area contributed by atoms with E-state index in [0.29, 0.717) is 12.7 Å². The monoisotopic (exact) mass is 440 g/mol. The number of nitrogens with two attached hydrogens (primary N) is 1. The summed E-state index contributed by atoms with van der Waals surface area (Å²) >= 11 is 0. The molecule has 31 heavy (non-hydrogen) atoms. The SMILES string of the molecule is O=C(NCC1OC(CO)C(O)C1N1CCN(C2CCCC[NH2+]2)CC1)NC1CCCCC1. The third kappa shape index (κ3) is 5.89. The fourth-order valence-electron chi connectivity index (χ4n) is 5.90. The van der Waals surface area contributed by atoms with Crippen molar-refractivity contribution in [2.24, 2.45) is 0 Å². The van der Waals surface area contributed by atoms with Crippen LogP contribution < -0.4 is 16.0 Å². The second-order valence-corrected chi connectivity index (χ2v) is 9.73. The van der Waals surface area contributed by atoms with Crippen LogP contribution in [0.4, 0.5) is 4.79 Å². The highest BCUT2D eigenvalue weighted by Gasteiger charge is 2.47. The summed E-state index contributed by atoms with van der Waals surface area (Å²) in [5.41, 5.74) is 0. The summed E-state index contributed by atoms with van der Waals surface area (Å²) in [6.45, 7) is 5.06. The van der Waals surface area contributed by atoms with E-state index < -0.39 is 12.2 Å². The lowest BCUT2D eigenvalue weighted by Crippen LogP contribution is -2.95. The van der Waals surface area contributed by atoms with Crippen molar-refractivity contribution in [2.45, 2.75) is 87.9 Å². The first-order chi connectivity index (χ1) is 15.2. The molecule has 5 atom stereocenters. The second kappa shape index (κ2) is 11.2. The molecule has 3 aliphatic heterocycles. The fourth-order valence-corrected chi connectivity index (χ4v) is 5.90. The van der Waals surface area contributed by atoms with Gasteiger partial charge in [-0.1, -0.05) is 19.3 Å². The number of amides is 2. The van der Waals surface area contributed by atoms with Gasteiger partial charge >= 0.3 is 6.03 Å². The van der Waals surface area contributed by atoms with Gasteiger partial charge in [-0.3, -0.25) is 9.80 Å². The Kier molecular flexibility index (Phi) is 8.42. The van der Waals surface area contributed by atoms with Crippen molar-refractivity contribution in [3.8, 4) is 0 Å². The van der Waals surface area contributed by atoms with Crippen molar-refractivity contribution < 1.29 is 25.1 Å². The van der Waals surface area contributed by atoms with Crippen LogP contribution >= 0.6 is 0 Å². The zero-order chi connectivity index (χ0) is 21.6. The van der Waals surface area contributed by atoms with Crippen LogP contribution in [-0.2, 0) is 4.74 Å². The number of urea groups is 1. The van der Waals surface area contributed by atoms with E-state index in [1.54, 1.807) is 0 Å². The number of aliphatic hydroxyl groups is 2. The Morgan fingerprint density at radius 2 is 1.68 bits per heavy atom. The van der Waals surface area contributed by atoms with Gasteiger partial charge in [0.2, 0.25) is 0 Å². The van der Waals surface area contributed by atoms with Gasteiger partial charge in [-0.15, -0.1) is 0 Å². The van der Waals surface area contributed by atoms with E-state index in [0.717, 1.165) is 39.0 Å². The molecule has 178 valence electrons. The lowest BCUT2D eigenvalue weighted by atomic mass is 9.96. The average molecular weight is 441 g/mol. The summed E-state index contributed by atoms with van der Waals surface area (Å²) in [5, 5.41) is 29.0. The van der Waals surface area contributed by atoms with Gasteiger partial charge in [0.05, 0.1) is 25.3 Å². The summed E-state index contributed by atoms with van der Waals surface area (Å²) in [5.74, 6) is 0. The number of aliphatic hydroxyl groups excluding tert-OH is 2. The second-order valence-electron chi connectivity index (χ2n) is 9.73. The first-order valence-electron chi connectivity index (χ1n) is 12.5. The van der Waals surface area contributed by atoms with Crippen LogP contribution in [-0.4, -0.2) is 108 Å². The number of carbonyl (C=O) groups excluding carboxylic acids is 1. The molecule has 9 heteroatoms. The van der Waals surface area contributed by atoms with Crippen LogP contribution in [0, 0.1) is 0 Å². The lowest BCUT2D eigenvalue weighted by molar-refractivity contribution is -0.717.